The molecule has 0 spiro atoms. The number of hydrogen-bond acceptors (Lipinski definition) is 3. The first-order valence-electron chi connectivity index (χ1n) is 2.56. The van der Waals surface area contributed by atoms with Crippen LogP contribution in [0, 0.1) is 0 Å². The van der Waals surface area contributed by atoms with E-state index in [0.29, 0.717) is 0 Å². The molecular formula is C5H2F3N2NaS. The second kappa shape index (κ2) is 4.36. The molecule has 1 aromatic heterocycles. The topological polar surface area (TPSA) is 25.8 Å². The van der Waals surface area contributed by atoms with Gasteiger partial charge in [0.2, 0.25) is 0 Å². The van der Waals surface area contributed by atoms with Crippen LogP contribution < -0.4 is 29.6 Å². The van der Waals surface area contributed by atoms with Crippen molar-refractivity contribution in [3.8, 4) is 0 Å². The van der Waals surface area contributed by atoms with Gasteiger partial charge in [-0.15, -0.1) is 4.90 Å². The number of halogens is 3. The average molecular weight is 202 g/mol. The second-order valence-corrected chi connectivity index (χ2v) is 2.17. The van der Waals surface area contributed by atoms with Gasteiger partial charge in [0, 0.05) is 6.20 Å². The maximum Gasteiger partial charge on any atom is 1.00 e. The molecule has 0 fully saturated rings. The van der Waals surface area contributed by atoms with Crippen molar-refractivity contribution in [2.75, 3.05) is 0 Å². The van der Waals surface area contributed by atoms with Gasteiger partial charge >= 0.3 is 35.7 Å². The van der Waals surface area contributed by atoms with E-state index in [1.54, 1.807) is 0 Å². The number of aromatic nitrogens is 2. The summed E-state index contributed by atoms with van der Waals surface area (Å²) in [5, 5.41) is 0. The zero-order valence-corrected chi connectivity index (χ0v) is 8.91. The molecule has 0 aliphatic heterocycles. The van der Waals surface area contributed by atoms with Crippen LogP contribution >= 0.6 is 0 Å². The number of nitrogens with zero attached hydrogens (tertiary/aromatic N) is 2. The molecule has 0 amide bonds. The standard InChI is InChI=1S/C5H3F3N2S.Na/c6-5(7,8)4-3(11)1-9-2-10-4;/h1-2,11H;/q;+1/p-1. The van der Waals surface area contributed by atoms with Crippen LogP contribution in [0.1, 0.15) is 5.69 Å². The van der Waals surface area contributed by atoms with E-state index in [-0.39, 0.29) is 34.5 Å². The van der Waals surface area contributed by atoms with Crippen molar-refractivity contribution >= 4 is 12.6 Å². The minimum Gasteiger partial charge on any atom is -0.776 e. The van der Waals surface area contributed by atoms with Crippen molar-refractivity contribution in [2.45, 2.75) is 11.1 Å². The van der Waals surface area contributed by atoms with E-state index < -0.39 is 11.9 Å². The fourth-order valence-electron chi connectivity index (χ4n) is 0.530. The molecule has 0 bridgehead atoms. The van der Waals surface area contributed by atoms with Crippen LogP contribution in [0.15, 0.2) is 17.4 Å². The van der Waals surface area contributed by atoms with Crippen LogP contribution in [-0.4, -0.2) is 9.97 Å². The van der Waals surface area contributed by atoms with Gasteiger partial charge in [-0.2, -0.15) is 13.2 Å². The molecular weight excluding hydrogens is 200 g/mol. The van der Waals surface area contributed by atoms with E-state index in [1.807, 2.05) is 0 Å². The van der Waals surface area contributed by atoms with Gasteiger partial charge in [-0.05, 0) is 0 Å². The molecule has 12 heavy (non-hydrogen) atoms. The average Bonchev–Trinajstić information content (AvgIpc) is 1.86. The molecule has 0 saturated carbocycles. The monoisotopic (exact) mass is 202 g/mol. The van der Waals surface area contributed by atoms with Crippen molar-refractivity contribution in [1.29, 1.82) is 0 Å². The molecule has 60 valence electrons. The van der Waals surface area contributed by atoms with Crippen molar-refractivity contribution in [3.05, 3.63) is 18.2 Å². The Hall–Kier alpha value is 0.0900. The summed E-state index contributed by atoms with van der Waals surface area (Å²) >= 11 is 4.36. The summed E-state index contributed by atoms with van der Waals surface area (Å²) < 4.78 is 35.7. The maximum absolute atomic E-state index is 11.9. The van der Waals surface area contributed by atoms with Crippen LogP contribution in [0.4, 0.5) is 13.2 Å². The van der Waals surface area contributed by atoms with Crippen LogP contribution in [0.5, 0.6) is 0 Å². The fraction of sp³-hybridized carbons (Fsp3) is 0.200. The van der Waals surface area contributed by atoms with Crippen molar-refractivity contribution < 1.29 is 42.7 Å². The smallest absolute Gasteiger partial charge is 0.776 e. The summed E-state index contributed by atoms with van der Waals surface area (Å²) in [5.41, 5.74) is -1.05. The van der Waals surface area contributed by atoms with Gasteiger partial charge in [0.15, 0.2) is 0 Å². The molecule has 0 aromatic carbocycles. The molecule has 0 aliphatic carbocycles. The van der Waals surface area contributed by atoms with Crippen molar-refractivity contribution in [3.63, 3.8) is 0 Å². The number of hydrogen-bond donors (Lipinski definition) is 0. The zero-order chi connectivity index (χ0) is 8.48. The third-order valence-electron chi connectivity index (χ3n) is 0.947. The van der Waals surface area contributed by atoms with E-state index >= 15 is 0 Å². The van der Waals surface area contributed by atoms with Crippen LogP contribution in [0.3, 0.4) is 0 Å². The number of rotatable bonds is 0. The zero-order valence-electron chi connectivity index (χ0n) is 6.09. The molecule has 0 unspecified atom stereocenters. The minimum absolute atomic E-state index is 0. The Morgan fingerprint density at radius 3 is 2.25 bits per heavy atom. The summed E-state index contributed by atoms with van der Waals surface area (Å²) in [6.07, 6.45) is -2.70. The molecule has 2 nitrogen and oxygen atoms in total. The quantitative estimate of drug-likeness (QED) is 0.374. The molecule has 1 aromatic rings. The van der Waals surface area contributed by atoms with E-state index in [2.05, 4.69) is 22.6 Å². The summed E-state index contributed by atoms with van der Waals surface area (Å²) in [6, 6.07) is 0. The molecule has 0 atom stereocenters. The first-order chi connectivity index (χ1) is 5.02. The summed E-state index contributed by atoms with van der Waals surface area (Å²) in [5.74, 6) is 0. The molecule has 1 rings (SSSR count). The Kier molecular flexibility index (Phi) is 4.39. The first-order valence-corrected chi connectivity index (χ1v) is 2.97. The van der Waals surface area contributed by atoms with E-state index in [9.17, 15) is 13.2 Å². The van der Waals surface area contributed by atoms with Gasteiger partial charge in [0.05, 0.1) is 0 Å². The predicted octanol–water partition coefficient (Wildman–Crippen LogP) is -1.59. The maximum atomic E-state index is 11.9. The first kappa shape index (κ1) is 12.1. The van der Waals surface area contributed by atoms with Gasteiger partial charge in [0.1, 0.15) is 12.0 Å². The summed E-state index contributed by atoms with van der Waals surface area (Å²) in [7, 11) is 0. The summed E-state index contributed by atoms with van der Waals surface area (Å²) in [6.45, 7) is 0. The SMILES string of the molecule is FC(F)(F)c1ncncc1[S-].[Na+]. The largest absolute Gasteiger partial charge is 1.00 e. The fourth-order valence-corrected chi connectivity index (χ4v) is 0.759. The molecule has 1 heterocycles. The van der Waals surface area contributed by atoms with Crippen LogP contribution in [-0.2, 0) is 18.8 Å². The Balaban J connectivity index is 0.00000121. The van der Waals surface area contributed by atoms with Gasteiger partial charge in [-0.25, -0.2) is 9.97 Å². The summed E-state index contributed by atoms with van der Waals surface area (Å²) in [4.78, 5) is 5.98. The van der Waals surface area contributed by atoms with Crippen molar-refractivity contribution in [2.24, 2.45) is 0 Å². The van der Waals surface area contributed by atoms with Gasteiger partial charge in [-0.3, -0.25) is 0 Å². The Morgan fingerprint density at radius 2 is 1.92 bits per heavy atom. The van der Waals surface area contributed by atoms with E-state index in [4.69, 9.17) is 0 Å². The van der Waals surface area contributed by atoms with Gasteiger partial charge < -0.3 is 12.6 Å². The van der Waals surface area contributed by atoms with Gasteiger partial charge in [-0.1, -0.05) is 0 Å². The van der Waals surface area contributed by atoms with Crippen LogP contribution in [0.2, 0.25) is 0 Å². The van der Waals surface area contributed by atoms with Gasteiger partial charge in [0.25, 0.3) is 0 Å². The Morgan fingerprint density at radius 1 is 1.33 bits per heavy atom. The third-order valence-corrected chi connectivity index (χ3v) is 1.25. The third kappa shape index (κ3) is 2.85. The van der Waals surface area contributed by atoms with Crippen molar-refractivity contribution in [1.82, 2.24) is 9.97 Å². The van der Waals surface area contributed by atoms with E-state index in [1.165, 1.54) is 0 Å². The second-order valence-electron chi connectivity index (χ2n) is 1.73. The minimum atomic E-state index is -4.47. The normalized spacial score (nSPS) is 10.6. The number of alkyl halides is 3. The Labute approximate surface area is 94.3 Å². The Bertz CT molecular complexity index is 265. The molecule has 0 radical (unpaired) electrons. The molecule has 0 saturated heterocycles. The molecule has 0 N–H and O–H groups in total. The van der Waals surface area contributed by atoms with E-state index in [0.717, 1.165) is 12.5 Å². The molecule has 0 aliphatic rings. The van der Waals surface area contributed by atoms with Crippen LogP contribution in [0.25, 0.3) is 0 Å². The molecule has 7 heteroatoms. The predicted molar refractivity (Wildman–Crippen MR) is 32.7 cm³/mol.